The highest BCUT2D eigenvalue weighted by atomic mass is 16.4. The van der Waals surface area contributed by atoms with Crippen LogP contribution in [0.5, 0.6) is 0 Å². The summed E-state index contributed by atoms with van der Waals surface area (Å²) in [5.41, 5.74) is 1.06. The number of carboxylic acids is 1. The van der Waals surface area contributed by atoms with Gasteiger partial charge in [-0.15, -0.1) is 0 Å². The summed E-state index contributed by atoms with van der Waals surface area (Å²) in [5.74, 6) is -1.38. The second kappa shape index (κ2) is 5.11. The molecule has 1 aromatic rings. The summed E-state index contributed by atoms with van der Waals surface area (Å²) >= 11 is 0. The van der Waals surface area contributed by atoms with Crippen molar-refractivity contribution in [1.82, 2.24) is 0 Å². The van der Waals surface area contributed by atoms with E-state index in [1.165, 1.54) is 6.08 Å². The number of amides is 1. The standard InChI is InChI=1S/C12H13NO3/c1-3-5-10(14)13-9-7-4-6-8(2)11(9)12(15)16/h3-7H,1-2H3,(H,13,14)(H,15,16). The van der Waals surface area contributed by atoms with Crippen LogP contribution in [-0.2, 0) is 4.79 Å². The summed E-state index contributed by atoms with van der Waals surface area (Å²) in [6.07, 6.45) is 2.93. The molecular formula is C12H13NO3. The van der Waals surface area contributed by atoms with E-state index in [9.17, 15) is 9.59 Å². The molecule has 1 rings (SSSR count). The minimum Gasteiger partial charge on any atom is -0.478 e. The fourth-order valence-electron chi connectivity index (χ4n) is 1.38. The lowest BCUT2D eigenvalue weighted by molar-refractivity contribution is -0.111. The maximum Gasteiger partial charge on any atom is 0.338 e. The number of nitrogens with one attached hydrogen (secondary N) is 1. The highest BCUT2D eigenvalue weighted by Gasteiger charge is 2.13. The lowest BCUT2D eigenvalue weighted by Crippen LogP contribution is -2.12. The molecule has 1 aromatic carbocycles. The smallest absolute Gasteiger partial charge is 0.338 e. The zero-order valence-electron chi connectivity index (χ0n) is 9.15. The maximum atomic E-state index is 11.3. The van der Waals surface area contributed by atoms with E-state index in [4.69, 9.17) is 5.11 Å². The van der Waals surface area contributed by atoms with Crippen molar-refractivity contribution < 1.29 is 14.7 Å². The predicted octanol–water partition coefficient (Wildman–Crippen LogP) is 2.21. The van der Waals surface area contributed by atoms with Gasteiger partial charge in [0.1, 0.15) is 0 Å². The summed E-state index contributed by atoms with van der Waals surface area (Å²) in [6, 6.07) is 4.96. The topological polar surface area (TPSA) is 66.4 Å². The Bertz CT molecular complexity index is 450. The third-order valence-corrected chi connectivity index (χ3v) is 2.06. The van der Waals surface area contributed by atoms with E-state index in [1.54, 1.807) is 38.1 Å². The van der Waals surface area contributed by atoms with Crippen LogP contribution in [0.3, 0.4) is 0 Å². The molecule has 4 heteroatoms. The predicted molar refractivity (Wildman–Crippen MR) is 61.6 cm³/mol. The monoisotopic (exact) mass is 219 g/mol. The second-order valence-corrected chi connectivity index (χ2v) is 3.29. The number of anilines is 1. The number of aryl methyl sites for hydroxylation is 1. The fraction of sp³-hybridized carbons (Fsp3) is 0.167. The lowest BCUT2D eigenvalue weighted by Gasteiger charge is -2.08. The van der Waals surface area contributed by atoms with Gasteiger partial charge in [-0.05, 0) is 31.6 Å². The zero-order chi connectivity index (χ0) is 12.1. The lowest BCUT2D eigenvalue weighted by atomic mass is 10.1. The first-order valence-electron chi connectivity index (χ1n) is 4.83. The van der Waals surface area contributed by atoms with Crippen LogP contribution >= 0.6 is 0 Å². The Morgan fingerprint density at radius 3 is 2.62 bits per heavy atom. The van der Waals surface area contributed by atoms with Crippen LogP contribution < -0.4 is 5.32 Å². The first kappa shape index (κ1) is 12.0. The van der Waals surface area contributed by atoms with E-state index in [2.05, 4.69) is 5.32 Å². The molecule has 0 aliphatic heterocycles. The minimum atomic E-state index is -1.05. The zero-order valence-corrected chi connectivity index (χ0v) is 9.15. The molecule has 0 fully saturated rings. The van der Waals surface area contributed by atoms with Gasteiger partial charge in [-0.25, -0.2) is 4.79 Å². The summed E-state index contributed by atoms with van der Waals surface area (Å²) < 4.78 is 0. The normalized spacial score (nSPS) is 10.4. The van der Waals surface area contributed by atoms with Gasteiger partial charge in [0.2, 0.25) is 5.91 Å². The van der Waals surface area contributed by atoms with Crippen LogP contribution in [0.4, 0.5) is 5.69 Å². The summed E-state index contributed by atoms with van der Waals surface area (Å²) in [6.45, 7) is 3.41. The van der Waals surface area contributed by atoms with E-state index in [-0.39, 0.29) is 11.5 Å². The van der Waals surface area contributed by atoms with Crippen LogP contribution in [0.1, 0.15) is 22.8 Å². The number of aromatic carboxylic acids is 1. The molecule has 0 aromatic heterocycles. The molecule has 1 amide bonds. The molecule has 4 nitrogen and oxygen atoms in total. The maximum absolute atomic E-state index is 11.3. The van der Waals surface area contributed by atoms with Crippen molar-refractivity contribution in [2.75, 3.05) is 5.32 Å². The fourth-order valence-corrected chi connectivity index (χ4v) is 1.38. The Morgan fingerprint density at radius 2 is 2.06 bits per heavy atom. The number of benzene rings is 1. The van der Waals surface area contributed by atoms with Gasteiger partial charge >= 0.3 is 5.97 Å². The Hall–Kier alpha value is -2.10. The van der Waals surface area contributed by atoms with Gasteiger partial charge in [0.05, 0.1) is 11.3 Å². The molecule has 0 atom stereocenters. The third kappa shape index (κ3) is 2.70. The third-order valence-electron chi connectivity index (χ3n) is 2.06. The average Bonchev–Trinajstić information content (AvgIpc) is 2.17. The van der Waals surface area contributed by atoms with Crippen molar-refractivity contribution in [1.29, 1.82) is 0 Å². The molecule has 0 unspecified atom stereocenters. The van der Waals surface area contributed by atoms with Crippen LogP contribution in [0.2, 0.25) is 0 Å². The van der Waals surface area contributed by atoms with E-state index in [0.717, 1.165) is 0 Å². The molecule has 0 saturated heterocycles. The quantitative estimate of drug-likeness (QED) is 0.766. The average molecular weight is 219 g/mol. The number of rotatable bonds is 3. The summed E-state index contributed by atoms with van der Waals surface area (Å²) in [5, 5.41) is 11.5. The van der Waals surface area contributed by atoms with E-state index < -0.39 is 5.97 Å². The molecule has 0 heterocycles. The molecule has 0 aliphatic carbocycles. The highest BCUT2D eigenvalue weighted by Crippen LogP contribution is 2.19. The highest BCUT2D eigenvalue weighted by molar-refractivity contribution is 6.05. The van der Waals surface area contributed by atoms with Gasteiger partial charge < -0.3 is 10.4 Å². The number of carboxylic acid groups (broad SMARTS) is 1. The number of hydrogen-bond donors (Lipinski definition) is 2. The molecule has 2 N–H and O–H groups in total. The molecule has 0 spiro atoms. The van der Waals surface area contributed by atoms with Crippen molar-refractivity contribution in [2.45, 2.75) is 13.8 Å². The molecular weight excluding hydrogens is 206 g/mol. The Balaban J connectivity index is 3.09. The van der Waals surface area contributed by atoms with Crippen molar-refractivity contribution in [3.63, 3.8) is 0 Å². The van der Waals surface area contributed by atoms with Crippen LogP contribution in [-0.4, -0.2) is 17.0 Å². The minimum absolute atomic E-state index is 0.125. The molecule has 0 aliphatic rings. The van der Waals surface area contributed by atoms with Crippen LogP contribution in [0, 0.1) is 6.92 Å². The summed E-state index contributed by atoms with van der Waals surface area (Å²) in [7, 11) is 0. The van der Waals surface area contributed by atoms with Gasteiger partial charge in [0, 0.05) is 0 Å². The number of carbonyl (C=O) groups excluding carboxylic acids is 1. The van der Waals surface area contributed by atoms with E-state index in [0.29, 0.717) is 11.3 Å². The Labute approximate surface area is 93.6 Å². The molecule has 16 heavy (non-hydrogen) atoms. The van der Waals surface area contributed by atoms with E-state index in [1.807, 2.05) is 0 Å². The van der Waals surface area contributed by atoms with Crippen molar-refractivity contribution in [2.24, 2.45) is 0 Å². The Kier molecular flexibility index (Phi) is 3.83. The van der Waals surface area contributed by atoms with Gasteiger partial charge in [-0.2, -0.15) is 0 Å². The van der Waals surface area contributed by atoms with Crippen LogP contribution in [0.15, 0.2) is 30.4 Å². The largest absolute Gasteiger partial charge is 0.478 e. The van der Waals surface area contributed by atoms with Gasteiger partial charge in [-0.1, -0.05) is 18.2 Å². The van der Waals surface area contributed by atoms with Gasteiger partial charge in [0.15, 0.2) is 0 Å². The number of carbonyl (C=O) groups is 2. The Morgan fingerprint density at radius 1 is 1.38 bits per heavy atom. The van der Waals surface area contributed by atoms with Crippen molar-refractivity contribution in [3.8, 4) is 0 Å². The van der Waals surface area contributed by atoms with Gasteiger partial charge in [-0.3, -0.25) is 4.79 Å². The van der Waals surface area contributed by atoms with Crippen molar-refractivity contribution in [3.05, 3.63) is 41.5 Å². The van der Waals surface area contributed by atoms with Crippen LogP contribution in [0.25, 0.3) is 0 Å². The second-order valence-electron chi connectivity index (χ2n) is 3.29. The first-order valence-corrected chi connectivity index (χ1v) is 4.83. The summed E-state index contributed by atoms with van der Waals surface area (Å²) in [4.78, 5) is 22.3. The SMILES string of the molecule is CC=CC(=O)Nc1cccc(C)c1C(=O)O. The van der Waals surface area contributed by atoms with Crippen molar-refractivity contribution >= 4 is 17.6 Å². The first-order chi connectivity index (χ1) is 7.56. The van der Waals surface area contributed by atoms with Gasteiger partial charge in [0.25, 0.3) is 0 Å². The van der Waals surface area contributed by atoms with E-state index >= 15 is 0 Å². The molecule has 84 valence electrons. The number of hydrogen-bond acceptors (Lipinski definition) is 2. The molecule has 0 radical (unpaired) electrons. The molecule has 0 bridgehead atoms. The number of allylic oxidation sites excluding steroid dienone is 1. The molecule has 0 saturated carbocycles.